The first-order valence-electron chi connectivity index (χ1n) is 10.0. The van der Waals surface area contributed by atoms with Crippen molar-refractivity contribution in [1.29, 1.82) is 0 Å². The van der Waals surface area contributed by atoms with Crippen molar-refractivity contribution in [2.75, 3.05) is 41.5 Å². The van der Waals surface area contributed by atoms with Gasteiger partial charge in [-0.3, -0.25) is 9.69 Å². The number of nitrogens with zero attached hydrogens (tertiary/aromatic N) is 1. The second-order valence-corrected chi connectivity index (χ2v) is 7.86. The number of rotatable bonds is 8. The van der Waals surface area contributed by atoms with Crippen LogP contribution in [0.5, 0.6) is 23.0 Å². The van der Waals surface area contributed by atoms with E-state index in [2.05, 4.69) is 4.90 Å². The minimum Gasteiger partial charge on any atom is -0.496 e. The largest absolute Gasteiger partial charge is 0.496 e. The summed E-state index contributed by atoms with van der Waals surface area (Å²) in [5.74, 6) is 0.979. The summed E-state index contributed by atoms with van der Waals surface area (Å²) in [6, 6.07) is 8.91. The Balaban J connectivity index is 2.20. The van der Waals surface area contributed by atoms with Gasteiger partial charge in [-0.25, -0.2) is 0 Å². The van der Waals surface area contributed by atoms with Gasteiger partial charge in [0.1, 0.15) is 5.75 Å². The Labute approximate surface area is 187 Å². The molecule has 0 aliphatic carbocycles. The average molecular weight is 450 g/mol. The third-order valence-corrected chi connectivity index (χ3v) is 5.89. The number of halogens is 1. The van der Waals surface area contributed by atoms with Crippen LogP contribution in [0.1, 0.15) is 30.0 Å². The molecule has 2 unspecified atom stereocenters. The fourth-order valence-corrected chi connectivity index (χ4v) is 4.39. The lowest BCUT2D eigenvalue weighted by Crippen LogP contribution is -2.41. The lowest BCUT2D eigenvalue weighted by Gasteiger charge is -2.38. The molecule has 0 radical (unpaired) electrons. The van der Waals surface area contributed by atoms with E-state index in [0.717, 1.165) is 24.1 Å². The highest BCUT2D eigenvalue weighted by Crippen LogP contribution is 2.45. The molecule has 1 aliphatic heterocycles. The molecule has 0 saturated carbocycles. The fourth-order valence-electron chi connectivity index (χ4n) is 4.21. The van der Waals surface area contributed by atoms with Gasteiger partial charge in [0.15, 0.2) is 11.5 Å². The van der Waals surface area contributed by atoms with Crippen molar-refractivity contribution < 1.29 is 28.8 Å². The van der Waals surface area contributed by atoms with Crippen molar-refractivity contribution >= 4 is 17.6 Å². The highest BCUT2D eigenvalue weighted by Gasteiger charge is 2.34. The van der Waals surface area contributed by atoms with Gasteiger partial charge in [-0.05, 0) is 55.3 Å². The molecule has 0 aromatic heterocycles. The maximum Gasteiger partial charge on any atom is 0.307 e. The summed E-state index contributed by atoms with van der Waals surface area (Å²) in [6.07, 6.45) is 1.43. The van der Waals surface area contributed by atoms with Crippen LogP contribution in [0.3, 0.4) is 0 Å². The Morgan fingerprint density at radius 1 is 1.03 bits per heavy atom. The SMILES string of the molecule is COc1ccc(Cl)cc1C(c1cc(OC)c(OC)c(OC)c1)N1CCCC(C(=O)O)C1. The Morgan fingerprint density at radius 2 is 1.68 bits per heavy atom. The van der Waals surface area contributed by atoms with E-state index in [-0.39, 0.29) is 6.04 Å². The van der Waals surface area contributed by atoms with Crippen LogP contribution in [0, 0.1) is 5.92 Å². The van der Waals surface area contributed by atoms with E-state index < -0.39 is 11.9 Å². The van der Waals surface area contributed by atoms with Gasteiger partial charge >= 0.3 is 5.97 Å². The van der Waals surface area contributed by atoms with Gasteiger partial charge in [-0.15, -0.1) is 0 Å². The minimum atomic E-state index is -0.786. The zero-order chi connectivity index (χ0) is 22.5. The number of benzene rings is 2. The number of hydrogen-bond donors (Lipinski definition) is 1. The molecule has 2 aromatic carbocycles. The van der Waals surface area contributed by atoms with Crippen LogP contribution in [0.2, 0.25) is 5.02 Å². The van der Waals surface area contributed by atoms with Crippen LogP contribution in [0.4, 0.5) is 0 Å². The fraction of sp³-hybridized carbons (Fsp3) is 0.435. The maximum atomic E-state index is 11.7. The first-order valence-corrected chi connectivity index (χ1v) is 10.4. The zero-order valence-electron chi connectivity index (χ0n) is 18.2. The second kappa shape index (κ2) is 10.1. The number of methoxy groups -OCH3 is 4. The maximum absolute atomic E-state index is 11.7. The van der Waals surface area contributed by atoms with Gasteiger partial charge in [-0.1, -0.05) is 11.6 Å². The van der Waals surface area contributed by atoms with Crippen LogP contribution < -0.4 is 18.9 Å². The van der Waals surface area contributed by atoms with Gasteiger partial charge in [0.2, 0.25) is 5.75 Å². The van der Waals surface area contributed by atoms with Gasteiger partial charge < -0.3 is 24.1 Å². The Bertz CT molecular complexity index is 909. The normalized spacial score (nSPS) is 17.6. The highest BCUT2D eigenvalue weighted by atomic mass is 35.5. The Hall–Kier alpha value is -2.64. The average Bonchev–Trinajstić information content (AvgIpc) is 2.78. The zero-order valence-corrected chi connectivity index (χ0v) is 18.9. The third-order valence-electron chi connectivity index (χ3n) is 5.66. The molecule has 2 atom stereocenters. The number of likely N-dealkylation sites (tertiary alicyclic amines) is 1. The first kappa shape index (κ1) is 23.0. The molecule has 0 spiro atoms. The minimum absolute atomic E-state index is 0.315. The van der Waals surface area contributed by atoms with Crippen molar-refractivity contribution in [3.63, 3.8) is 0 Å². The molecule has 7 nitrogen and oxygen atoms in total. The Morgan fingerprint density at radius 3 is 2.23 bits per heavy atom. The summed E-state index contributed by atoms with van der Waals surface area (Å²) in [4.78, 5) is 13.9. The van der Waals surface area contributed by atoms with Gasteiger partial charge in [0.05, 0.1) is 40.4 Å². The number of carboxylic acid groups (broad SMARTS) is 1. The van der Waals surface area contributed by atoms with E-state index >= 15 is 0 Å². The standard InChI is InChI=1S/C23H28ClNO6/c1-28-18-8-7-16(24)12-17(18)21(25-9-5-6-14(13-25)23(26)27)15-10-19(29-2)22(31-4)20(11-15)30-3/h7-8,10-12,14,21H,5-6,9,13H2,1-4H3,(H,26,27). The molecule has 2 aromatic rings. The highest BCUT2D eigenvalue weighted by molar-refractivity contribution is 6.30. The van der Waals surface area contributed by atoms with Crippen molar-refractivity contribution in [2.45, 2.75) is 18.9 Å². The summed E-state index contributed by atoms with van der Waals surface area (Å²) in [5, 5.41) is 10.2. The molecule has 168 valence electrons. The molecular formula is C23H28ClNO6. The van der Waals surface area contributed by atoms with E-state index in [1.54, 1.807) is 34.5 Å². The molecule has 1 fully saturated rings. The van der Waals surface area contributed by atoms with E-state index in [0.29, 0.717) is 41.0 Å². The number of aliphatic carboxylic acids is 1. The van der Waals surface area contributed by atoms with Crippen LogP contribution in [-0.2, 0) is 4.79 Å². The van der Waals surface area contributed by atoms with E-state index in [1.165, 1.54) is 0 Å². The summed E-state index contributed by atoms with van der Waals surface area (Å²) >= 11 is 6.35. The van der Waals surface area contributed by atoms with Crippen LogP contribution in [-0.4, -0.2) is 57.5 Å². The lowest BCUT2D eigenvalue weighted by molar-refractivity contribution is -0.143. The molecule has 1 heterocycles. The number of carbonyl (C=O) groups is 1. The predicted molar refractivity (Wildman–Crippen MR) is 118 cm³/mol. The summed E-state index contributed by atoms with van der Waals surface area (Å²) < 4.78 is 22.2. The van der Waals surface area contributed by atoms with E-state index in [9.17, 15) is 9.90 Å². The number of ether oxygens (including phenoxy) is 4. The number of carboxylic acids is 1. The molecule has 0 bridgehead atoms. The second-order valence-electron chi connectivity index (χ2n) is 7.42. The molecule has 1 aliphatic rings. The van der Waals surface area contributed by atoms with Crippen molar-refractivity contribution in [1.82, 2.24) is 4.90 Å². The van der Waals surface area contributed by atoms with Crippen molar-refractivity contribution in [3.8, 4) is 23.0 Å². The molecule has 1 N–H and O–H groups in total. The van der Waals surface area contributed by atoms with Gasteiger partial charge in [-0.2, -0.15) is 0 Å². The lowest BCUT2D eigenvalue weighted by atomic mass is 9.90. The van der Waals surface area contributed by atoms with Crippen molar-refractivity contribution in [3.05, 3.63) is 46.5 Å². The monoisotopic (exact) mass is 449 g/mol. The summed E-state index contributed by atoms with van der Waals surface area (Å²) in [5.41, 5.74) is 1.71. The van der Waals surface area contributed by atoms with Crippen molar-refractivity contribution in [2.24, 2.45) is 5.92 Å². The predicted octanol–water partition coefficient (Wildman–Crippen LogP) is 4.26. The van der Waals surface area contributed by atoms with E-state index in [1.807, 2.05) is 24.3 Å². The van der Waals surface area contributed by atoms with Crippen LogP contribution >= 0.6 is 11.6 Å². The first-order chi connectivity index (χ1) is 14.9. The van der Waals surface area contributed by atoms with E-state index in [4.69, 9.17) is 30.5 Å². The molecule has 31 heavy (non-hydrogen) atoms. The molecular weight excluding hydrogens is 422 g/mol. The van der Waals surface area contributed by atoms with Crippen LogP contribution in [0.25, 0.3) is 0 Å². The van der Waals surface area contributed by atoms with Gasteiger partial charge in [0, 0.05) is 17.1 Å². The smallest absolute Gasteiger partial charge is 0.307 e. The number of hydrogen-bond acceptors (Lipinski definition) is 6. The summed E-state index contributed by atoms with van der Waals surface area (Å²) in [7, 11) is 6.30. The topological polar surface area (TPSA) is 77.5 Å². The quantitative estimate of drug-likeness (QED) is 0.645. The molecule has 8 heteroatoms. The third kappa shape index (κ3) is 4.83. The molecule has 3 rings (SSSR count). The van der Waals surface area contributed by atoms with Gasteiger partial charge in [0.25, 0.3) is 0 Å². The molecule has 1 saturated heterocycles. The summed E-state index contributed by atoms with van der Waals surface area (Å²) in [6.45, 7) is 1.15. The van der Waals surface area contributed by atoms with Crippen LogP contribution in [0.15, 0.2) is 30.3 Å². The Kier molecular flexibility index (Phi) is 7.51. The number of piperidine rings is 1. The molecule has 0 amide bonds.